The minimum Gasteiger partial charge on any atom is -0.353 e. The first-order chi connectivity index (χ1) is 9.47. The minimum atomic E-state index is -0.354. The van der Waals surface area contributed by atoms with Crippen LogP contribution in [-0.4, -0.2) is 33.8 Å². The minimum absolute atomic E-state index is 0.101. The van der Waals surface area contributed by atoms with Crippen LogP contribution >= 0.6 is 24.0 Å². The predicted molar refractivity (Wildman–Crippen MR) is 83.2 cm³/mol. The molecule has 0 aliphatic heterocycles. The maximum Gasteiger partial charge on any atom is 0.231 e. The van der Waals surface area contributed by atoms with Crippen LogP contribution in [0.3, 0.4) is 0 Å². The van der Waals surface area contributed by atoms with Crippen molar-refractivity contribution in [3.8, 4) is 0 Å². The molecule has 2 amide bonds. The molecule has 1 rings (SSSR count). The molecular weight excluding hydrogens is 296 g/mol. The van der Waals surface area contributed by atoms with Crippen LogP contribution < -0.4 is 10.6 Å². The first kappa shape index (κ1) is 16.9. The SMILES string of the molecule is CCc1nnc(NC(=O)C(C)C(C)NC(=O)CCS)s1. The van der Waals surface area contributed by atoms with Gasteiger partial charge < -0.3 is 10.6 Å². The molecule has 1 aromatic rings. The Balaban J connectivity index is 2.51. The molecule has 20 heavy (non-hydrogen) atoms. The third-order valence-electron chi connectivity index (χ3n) is 2.89. The summed E-state index contributed by atoms with van der Waals surface area (Å²) in [5, 5.41) is 14.7. The summed E-state index contributed by atoms with van der Waals surface area (Å²) in [4.78, 5) is 23.5. The van der Waals surface area contributed by atoms with E-state index in [0.29, 0.717) is 17.3 Å². The number of carbonyl (C=O) groups is 2. The zero-order valence-electron chi connectivity index (χ0n) is 11.8. The normalized spacial score (nSPS) is 13.6. The van der Waals surface area contributed by atoms with Gasteiger partial charge in [-0.2, -0.15) is 12.6 Å². The number of amides is 2. The Morgan fingerprint density at radius 3 is 2.60 bits per heavy atom. The van der Waals surface area contributed by atoms with E-state index in [1.165, 1.54) is 11.3 Å². The zero-order chi connectivity index (χ0) is 15.1. The number of anilines is 1. The fraction of sp³-hybridized carbons (Fsp3) is 0.667. The summed E-state index contributed by atoms with van der Waals surface area (Å²) in [5.41, 5.74) is 0. The molecule has 0 saturated carbocycles. The molecule has 1 heterocycles. The lowest BCUT2D eigenvalue weighted by atomic mass is 10.0. The van der Waals surface area contributed by atoms with E-state index in [-0.39, 0.29) is 23.8 Å². The molecular formula is C12H20N4O2S2. The summed E-state index contributed by atoms with van der Waals surface area (Å²) < 4.78 is 0. The van der Waals surface area contributed by atoms with Crippen molar-refractivity contribution in [2.24, 2.45) is 5.92 Å². The van der Waals surface area contributed by atoms with Gasteiger partial charge in [0.05, 0.1) is 5.92 Å². The first-order valence-electron chi connectivity index (χ1n) is 6.51. The topological polar surface area (TPSA) is 84.0 Å². The highest BCUT2D eigenvalue weighted by molar-refractivity contribution is 7.80. The van der Waals surface area contributed by atoms with Crippen molar-refractivity contribution in [1.29, 1.82) is 0 Å². The van der Waals surface area contributed by atoms with Gasteiger partial charge in [0.15, 0.2) is 0 Å². The number of carbonyl (C=O) groups excluding carboxylic acids is 2. The van der Waals surface area contributed by atoms with Crippen LogP contribution in [0.15, 0.2) is 0 Å². The zero-order valence-corrected chi connectivity index (χ0v) is 13.6. The Labute approximate surface area is 128 Å². The second kappa shape index (κ2) is 8.21. The number of nitrogens with one attached hydrogen (secondary N) is 2. The number of nitrogens with zero attached hydrogens (tertiary/aromatic N) is 2. The number of hydrogen-bond acceptors (Lipinski definition) is 6. The number of rotatable bonds is 7. The lowest BCUT2D eigenvalue weighted by Gasteiger charge is -2.19. The molecule has 0 aliphatic rings. The van der Waals surface area contributed by atoms with Gasteiger partial charge in [-0.1, -0.05) is 25.2 Å². The molecule has 0 aromatic carbocycles. The van der Waals surface area contributed by atoms with E-state index in [4.69, 9.17) is 0 Å². The molecule has 6 nitrogen and oxygen atoms in total. The van der Waals surface area contributed by atoms with Crippen LogP contribution in [0, 0.1) is 5.92 Å². The quantitative estimate of drug-likeness (QED) is 0.666. The third kappa shape index (κ3) is 5.09. The Morgan fingerprint density at radius 2 is 2.05 bits per heavy atom. The van der Waals surface area contributed by atoms with Gasteiger partial charge >= 0.3 is 0 Å². The van der Waals surface area contributed by atoms with Crippen molar-refractivity contribution in [3.05, 3.63) is 5.01 Å². The average molecular weight is 316 g/mol. The predicted octanol–water partition coefficient (Wildman–Crippen LogP) is 1.50. The lowest BCUT2D eigenvalue weighted by Crippen LogP contribution is -2.41. The summed E-state index contributed by atoms with van der Waals surface area (Å²) in [6.45, 7) is 5.55. The standard InChI is InChI=1S/C12H20N4O2S2/c1-4-10-15-16-12(20-10)14-11(18)7(2)8(3)13-9(17)5-6-19/h7-8,19H,4-6H2,1-3H3,(H,13,17)(H,14,16,18). The average Bonchev–Trinajstić information content (AvgIpc) is 2.85. The van der Waals surface area contributed by atoms with Crippen molar-refractivity contribution in [1.82, 2.24) is 15.5 Å². The smallest absolute Gasteiger partial charge is 0.231 e. The highest BCUT2D eigenvalue weighted by Crippen LogP contribution is 2.17. The molecule has 0 saturated heterocycles. The first-order valence-corrected chi connectivity index (χ1v) is 7.96. The van der Waals surface area contributed by atoms with E-state index in [1.54, 1.807) is 13.8 Å². The lowest BCUT2D eigenvalue weighted by molar-refractivity contribution is -0.123. The highest BCUT2D eigenvalue weighted by atomic mass is 32.1. The number of aryl methyl sites for hydroxylation is 1. The van der Waals surface area contributed by atoms with E-state index in [9.17, 15) is 9.59 Å². The van der Waals surface area contributed by atoms with Crippen molar-refractivity contribution >= 4 is 40.9 Å². The Kier molecular flexibility index (Phi) is 6.94. The Morgan fingerprint density at radius 1 is 1.35 bits per heavy atom. The van der Waals surface area contributed by atoms with E-state index in [2.05, 4.69) is 33.5 Å². The number of thiol groups is 1. The molecule has 0 spiro atoms. The van der Waals surface area contributed by atoms with Crippen molar-refractivity contribution < 1.29 is 9.59 Å². The van der Waals surface area contributed by atoms with Crippen LogP contribution in [0.5, 0.6) is 0 Å². The molecule has 2 unspecified atom stereocenters. The fourth-order valence-corrected chi connectivity index (χ4v) is 2.33. The fourth-order valence-electron chi connectivity index (χ4n) is 1.45. The van der Waals surface area contributed by atoms with Crippen LogP contribution in [0.25, 0.3) is 0 Å². The van der Waals surface area contributed by atoms with Gasteiger partial charge in [0.25, 0.3) is 0 Å². The van der Waals surface area contributed by atoms with Crippen molar-refractivity contribution in [2.75, 3.05) is 11.1 Å². The van der Waals surface area contributed by atoms with Crippen LogP contribution in [0.1, 0.15) is 32.2 Å². The van der Waals surface area contributed by atoms with E-state index in [1.807, 2.05) is 6.92 Å². The molecule has 1 aromatic heterocycles. The van der Waals surface area contributed by atoms with Gasteiger partial charge in [0, 0.05) is 12.5 Å². The van der Waals surface area contributed by atoms with Crippen molar-refractivity contribution in [2.45, 2.75) is 39.7 Å². The molecule has 0 bridgehead atoms. The Bertz CT molecular complexity index is 464. The highest BCUT2D eigenvalue weighted by Gasteiger charge is 2.22. The molecule has 0 fully saturated rings. The second-order valence-corrected chi connectivity index (χ2v) is 5.97. The van der Waals surface area contributed by atoms with E-state index in [0.717, 1.165) is 11.4 Å². The largest absolute Gasteiger partial charge is 0.353 e. The van der Waals surface area contributed by atoms with Gasteiger partial charge in [-0.25, -0.2) is 0 Å². The second-order valence-electron chi connectivity index (χ2n) is 4.46. The summed E-state index contributed by atoms with van der Waals surface area (Å²) in [6, 6.07) is -0.249. The molecule has 2 atom stereocenters. The maximum absolute atomic E-state index is 12.1. The van der Waals surface area contributed by atoms with E-state index >= 15 is 0 Å². The van der Waals surface area contributed by atoms with Crippen LogP contribution in [0.4, 0.5) is 5.13 Å². The monoisotopic (exact) mass is 316 g/mol. The summed E-state index contributed by atoms with van der Waals surface area (Å²) >= 11 is 5.36. The van der Waals surface area contributed by atoms with Crippen LogP contribution in [0.2, 0.25) is 0 Å². The Hall–Kier alpha value is -1.15. The summed E-state index contributed by atoms with van der Waals surface area (Å²) in [5.74, 6) is -0.143. The van der Waals surface area contributed by atoms with Crippen molar-refractivity contribution in [3.63, 3.8) is 0 Å². The summed E-state index contributed by atoms with van der Waals surface area (Å²) in [6.07, 6.45) is 1.14. The van der Waals surface area contributed by atoms with Gasteiger partial charge in [0.1, 0.15) is 5.01 Å². The molecule has 0 aliphatic carbocycles. The number of aromatic nitrogens is 2. The summed E-state index contributed by atoms with van der Waals surface area (Å²) in [7, 11) is 0. The molecule has 112 valence electrons. The third-order valence-corrected chi connectivity index (χ3v) is 4.10. The van der Waals surface area contributed by atoms with Gasteiger partial charge in [-0.3, -0.25) is 9.59 Å². The van der Waals surface area contributed by atoms with Crippen LogP contribution in [-0.2, 0) is 16.0 Å². The molecule has 0 radical (unpaired) electrons. The van der Waals surface area contributed by atoms with Gasteiger partial charge in [-0.15, -0.1) is 10.2 Å². The molecule has 8 heteroatoms. The van der Waals surface area contributed by atoms with Gasteiger partial charge in [0.2, 0.25) is 16.9 Å². The molecule has 2 N–H and O–H groups in total. The number of hydrogen-bond donors (Lipinski definition) is 3. The van der Waals surface area contributed by atoms with E-state index < -0.39 is 0 Å². The maximum atomic E-state index is 12.1. The van der Waals surface area contributed by atoms with Gasteiger partial charge in [-0.05, 0) is 19.1 Å².